The van der Waals surface area contributed by atoms with Gasteiger partial charge in [0, 0.05) is 17.4 Å². The Morgan fingerprint density at radius 3 is 2.69 bits per heavy atom. The zero-order chi connectivity index (χ0) is 18.3. The summed E-state index contributed by atoms with van der Waals surface area (Å²) in [6.07, 6.45) is 1.86. The summed E-state index contributed by atoms with van der Waals surface area (Å²) < 4.78 is 1.64. The van der Waals surface area contributed by atoms with Gasteiger partial charge in [-0.25, -0.2) is 4.52 Å². The molecule has 4 aromatic rings. The predicted molar refractivity (Wildman–Crippen MR) is 105 cm³/mol. The molecule has 4 rings (SSSR count). The first-order valence-electron chi connectivity index (χ1n) is 8.09. The number of anilines is 2. The number of nitrogens with zero attached hydrogens (tertiary/aromatic N) is 3. The number of aromatic nitrogens is 3. The Morgan fingerprint density at radius 2 is 1.92 bits per heavy atom. The van der Waals surface area contributed by atoms with Crippen molar-refractivity contribution in [2.24, 2.45) is 0 Å². The Balaban J connectivity index is 1.61. The Kier molecular flexibility index (Phi) is 3.93. The molecule has 0 aliphatic carbocycles. The summed E-state index contributed by atoms with van der Waals surface area (Å²) in [7, 11) is 0. The van der Waals surface area contributed by atoms with Gasteiger partial charge in [0.25, 0.3) is 5.91 Å². The number of hydrogen-bond donors (Lipinski definition) is 2. The van der Waals surface area contributed by atoms with Gasteiger partial charge in [0.15, 0.2) is 5.65 Å². The van der Waals surface area contributed by atoms with Crippen molar-refractivity contribution in [2.45, 2.75) is 13.8 Å². The van der Waals surface area contributed by atoms with E-state index in [0.29, 0.717) is 10.5 Å². The number of amides is 1. The van der Waals surface area contributed by atoms with Crippen LogP contribution in [0.1, 0.15) is 20.8 Å². The summed E-state index contributed by atoms with van der Waals surface area (Å²) in [6.45, 7) is 3.98. The van der Waals surface area contributed by atoms with Gasteiger partial charge in [-0.3, -0.25) is 4.79 Å². The average Bonchev–Trinajstić information content (AvgIpc) is 3.23. The van der Waals surface area contributed by atoms with Gasteiger partial charge in [-0.1, -0.05) is 18.2 Å². The average molecular weight is 363 g/mol. The summed E-state index contributed by atoms with van der Waals surface area (Å²) in [5.41, 5.74) is 11.2. The molecule has 0 fully saturated rings. The van der Waals surface area contributed by atoms with Gasteiger partial charge in [-0.05, 0) is 54.1 Å². The maximum absolute atomic E-state index is 12.6. The number of rotatable bonds is 3. The minimum Gasteiger partial charge on any atom is -0.366 e. The fraction of sp³-hybridized carbons (Fsp3) is 0.105. The van der Waals surface area contributed by atoms with E-state index >= 15 is 0 Å². The topological polar surface area (TPSA) is 85.3 Å². The predicted octanol–water partition coefficient (Wildman–Crippen LogP) is 3.91. The molecule has 0 unspecified atom stereocenters. The van der Waals surface area contributed by atoms with Crippen molar-refractivity contribution in [3.05, 3.63) is 64.0 Å². The highest BCUT2D eigenvalue weighted by atomic mass is 32.1. The van der Waals surface area contributed by atoms with Crippen LogP contribution in [0, 0.1) is 13.8 Å². The zero-order valence-electron chi connectivity index (χ0n) is 14.4. The van der Waals surface area contributed by atoms with E-state index in [1.165, 1.54) is 11.3 Å². The van der Waals surface area contributed by atoms with Crippen molar-refractivity contribution in [1.29, 1.82) is 0 Å². The lowest BCUT2D eigenvalue weighted by Gasteiger charge is -2.10. The quantitative estimate of drug-likeness (QED) is 0.578. The van der Waals surface area contributed by atoms with Gasteiger partial charge in [0.1, 0.15) is 0 Å². The van der Waals surface area contributed by atoms with E-state index in [0.717, 1.165) is 27.9 Å². The van der Waals surface area contributed by atoms with Gasteiger partial charge in [0.2, 0.25) is 5.95 Å². The van der Waals surface area contributed by atoms with Crippen molar-refractivity contribution < 1.29 is 4.79 Å². The van der Waals surface area contributed by atoms with E-state index in [4.69, 9.17) is 5.73 Å². The van der Waals surface area contributed by atoms with Crippen LogP contribution in [0.25, 0.3) is 16.8 Å². The maximum atomic E-state index is 12.6. The third-order valence-electron chi connectivity index (χ3n) is 4.22. The van der Waals surface area contributed by atoms with Crippen LogP contribution in [0.15, 0.2) is 48.0 Å². The summed E-state index contributed by atoms with van der Waals surface area (Å²) >= 11 is 1.41. The highest BCUT2D eigenvalue weighted by molar-refractivity contribution is 7.12. The number of para-hydroxylation sites is 1. The van der Waals surface area contributed by atoms with E-state index in [9.17, 15) is 4.79 Å². The van der Waals surface area contributed by atoms with Crippen LogP contribution in [0.3, 0.4) is 0 Å². The van der Waals surface area contributed by atoms with E-state index in [1.54, 1.807) is 4.52 Å². The Bertz CT molecular complexity index is 1110. The van der Waals surface area contributed by atoms with Crippen LogP contribution in [-0.4, -0.2) is 20.5 Å². The molecule has 26 heavy (non-hydrogen) atoms. The van der Waals surface area contributed by atoms with Crippen molar-refractivity contribution in [3.63, 3.8) is 0 Å². The minimum atomic E-state index is -0.107. The number of pyridine rings is 1. The molecule has 0 radical (unpaired) electrons. The van der Waals surface area contributed by atoms with Gasteiger partial charge >= 0.3 is 0 Å². The number of hydrogen-bond acceptors (Lipinski definition) is 5. The van der Waals surface area contributed by atoms with Crippen molar-refractivity contribution >= 4 is 34.5 Å². The second kappa shape index (κ2) is 6.27. The lowest BCUT2D eigenvalue weighted by molar-refractivity contribution is 0.103. The minimum absolute atomic E-state index is 0.107. The number of carbonyl (C=O) groups excluding carboxylic acids is 1. The number of benzene rings is 1. The highest BCUT2D eigenvalue weighted by Gasteiger charge is 2.13. The number of carbonyl (C=O) groups is 1. The van der Waals surface area contributed by atoms with E-state index in [1.807, 2.05) is 61.8 Å². The van der Waals surface area contributed by atoms with Crippen LogP contribution < -0.4 is 11.1 Å². The molecule has 130 valence electrons. The standard InChI is InChI=1S/C19H17N5OS/c1-11-4-3-5-12(2)17(11)22-18(25)15-8-14(10-26-15)13-6-7-16-21-19(20)23-24(16)9-13/h3-10H,1-2H3,(H2,20,23)(H,22,25). The number of nitrogen functional groups attached to an aromatic ring is 1. The molecule has 1 amide bonds. The number of nitrogens with two attached hydrogens (primary N) is 1. The Labute approximate surface area is 154 Å². The number of aryl methyl sites for hydroxylation is 2. The van der Waals surface area contributed by atoms with Gasteiger partial charge in [0.05, 0.1) is 4.88 Å². The fourth-order valence-electron chi connectivity index (χ4n) is 2.86. The second-order valence-electron chi connectivity index (χ2n) is 6.11. The summed E-state index contributed by atoms with van der Waals surface area (Å²) in [4.78, 5) is 17.4. The molecular formula is C19H17N5OS. The van der Waals surface area contributed by atoms with Gasteiger partial charge in [-0.2, -0.15) is 4.98 Å². The second-order valence-corrected chi connectivity index (χ2v) is 7.02. The molecule has 0 atom stereocenters. The van der Waals surface area contributed by atoms with Crippen LogP contribution in [0.5, 0.6) is 0 Å². The van der Waals surface area contributed by atoms with Gasteiger partial charge in [-0.15, -0.1) is 16.4 Å². The van der Waals surface area contributed by atoms with E-state index < -0.39 is 0 Å². The van der Waals surface area contributed by atoms with E-state index in [2.05, 4.69) is 15.4 Å². The molecule has 0 saturated heterocycles. The van der Waals surface area contributed by atoms with Crippen molar-refractivity contribution in [2.75, 3.05) is 11.1 Å². The third kappa shape index (κ3) is 2.93. The maximum Gasteiger partial charge on any atom is 0.265 e. The summed E-state index contributed by atoms with van der Waals surface area (Å²) in [6, 6.07) is 11.6. The highest BCUT2D eigenvalue weighted by Crippen LogP contribution is 2.27. The number of nitrogens with one attached hydrogen (secondary N) is 1. The molecule has 7 heteroatoms. The van der Waals surface area contributed by atoms with Gasteiger partial charge < -0.3 is 11.1 Å². The van der Waals surface area contributed by atoms with Crippen molar-refractivity contribution in [3.8, 4) is 11.1 Å². The monoisotopic (exact) mass is 363 g/mol. The van der Waals surface area contributed by atoms with Crippen LogP contribution in [0.4, 0.5) is 11.6 Å². The Hall–Kier alpha value is -3.19. The van der Waals surface area contributed by atoms with Crippen molar-refractivity contribution in [1.82, 2.24) is 14.6 Å². The fourth-order valence-corrected chi connectivity index (χ4v) is 3.68. The lowest BCUT2D eigenvalue weighted by atomic mass is 10.1. The molecule has 0 bridgehead atoms. The first-order valence-corrected chi connectivity index (χ1v) is 8.97. The molecule has 6 nitrogen and oxygen atoms in total. The lowest BCUT2D eigenvalue weighted by Crippen LogP contribution is -2.12. The molecule has 3 N–H and O–H groups in total. The molecule has 0 aliphatic rings. The molecule has 0 spiro atoms. The first-order chi connectivity index (χ1) is 12.5. The molecular weight excluding hydrogens is 346 g/mol. The summed E-state index contributed by atoms with van der Waals surface area (Å²) in [5, 5.41) is 9.10. The van der Waals surface area contributed by atoms with Crippen LogP contribution >= 0.6 is 11.3 Å². The smallest absolute Gasteiger partial charge is 0.265 e. The summed E-state index contributed by atoms with van der Waals surface area (Å²) in [5.74, 6) is 0.130. The molecule has 1 aromatic carbocycles. The van der Waals surface area contributed by atoms with Crippen LogP contribution in [0.2, 0.25) is 0 Å². The Morgan fingerprint density at radius 1 is 1.15 bits per heavy atom. The number of fused-ring (bicyclic) bond motifs is 1. The first kappa shape index (κ1) is 16.3. The molecule has 3 heterocycles. The third-order valence-corrected chi connectivity index (χ3v) is 5.15. The van der Waals surface area contributed by atoms with Crippen LogP contribution in [-0.2, 0) is 0 Å². The number of thiophene rings is 1. The normalized spacial score (nSPS) is 11.0. The zero-order valence-corrected chi connectivity index (χ0v) is 15.2. The molecule has 0 aliphatic heterocycles. The largest absolute Gasteiger partial charge is 0.366 e. The SMILES string of the molecule is Cc1cccc(C)c1NC(=O)c1cc(-c2ccc3nc(N)nn3c2)cs1. The molecule has 0 saturated carbocycles. The molecule has 3 aromatic heterocycles. The van der Waals surface area contributed by atoms with E-state index in [-0.39, 0.29) is 11.9 Å².